The van der Waals surface area contributed by atoms with E-state index in [1.807, 2.05) is 6.20 Å². The van der Waals surface area contributed by atoms with Crippen LogP contribution in [0, 0.1) is 0 Å². The summed E-state index contributed by atoms with van der Waals surface area (Å²) in [5.41, 5.74) is 14.1. The summed E-state index contributed by atoms with van der Waals surface area (Å²) < 4.78 is 11.6. The second-order valence-electron chi connectivity index (χ2n) is 21.1. The Balaban J connectivity index is 1.02. The van der Waals surface area contributed by atoms with Gasteiger partial charge >= 0.3 is 0 Å². The summed E-state index contributed by atoms with van der Waals surface area (Å²) in [6.07, 6.45) is 1.94. The van der Waals surface area contributed by atoms with Gasteiger partial charge in [-0.1, -0.05) is 129 Å². The lowest BCUT2D eigenvalue weighted by molar-refractivity contribution is 0.483. The van der Waals surface area contributed by atoms with Crippen molar-refractivity contribution in [3.8, 4) is 23.0 Å². The minimum Gasteiger partial charge on any atom is -0.457 e. The van der Waals surface area contributed by atoms with E-state index in [1.54, 1.807) is 0 Å². The second kappa shape index (κ2) is 15.1. The number of nitrogens with zero attached hydrogens (tertiary/aromatic N) is 5. The summed E-state index contributed by atoms with van der Waals surface area (Å²) in [6, 6.07) is 59.4. The summed E-state index contributed by atoms with van der Waals surface area (Å²) in [6.45, 7) is 21.3. The van der Waals surface area contributed by atoms with E-state index < -0.39 is 0 Å². The Morgan fingerprint density at radius 3 is 1.62 bits per heavy atom. The van der Waals surface area contributed by atoms with Crippen LogP contribution >= 0.6 is 0 Å². The van der Waals surface area contributed by atoms with E-state index >= 15 is 0 Å². The Labute approximate surface area is 388 Å². The number of hydrogen-bond donors (Lipinski definition) is 0. The molecule has 6 nitrogen and oxygen atoms in total. The van der Waals surface area contributed by atoms with Crippen molar-refractivity contribution in [2.24, 2.45) is 0 Å². The fourth-order valence-electron chi connectivity index (χ4n) is 9.85. The smallest absolute Gasteiger partial charge is 0.137 e. The fraction of sp³-hybridized carbons (Fsp3) is 0.217. The van der Waals surface area contributed by atoms with Crippen LogP contribution in [-0.2, 0) is 16.2 Å². The van der Waals surface area contributed by atoms with Crippen molar-refractivity contribution in [2.45, 2.75) is 78.6 Å². The molecule has 3 aromatic heterocycles. The summed E-state index contributed by atoms with van der Waals surface area (Å²) in [7, 11) is 0. The van der Waals surface area contributed by atoms with Gasteiger partial charge in [0, 0.05) is 51.2 Å². The fourth-order valence-corrected chi connectivity index (χ4v) is 9.85. The molecule has 0 fully saturated rings. The first-order valence-electron chi connectivity index (χ1n) is 23.2. The number of anilines is 4. The van der Waals surface area contributed by atoms with Gasteiger partial charge in [-0.3, -0.25) is 4.57 Å². The monoisotopic (exact) mass is 863 g/mol. The lowest BCUT2D eigenvalue weighted by Gasteiger charge is -2.29. The van der Waals surface area contributed by atoms with Gasteiger partial charge in [-0.15, -0.1) is 0 Å². The maximum atomic E-state index is 6.90. The zero-order valence-electron chi connectivity index (χ0n) is 39.5. The molecule has 10 aromatic rings. The standard InChI is InChI=1S/C60H57N5O/c1-58(2,3)39-30-31-61-56(35-39)65-54-27-17-26-53(64-49-22-12-10-20-46(49)47-21-11-13-23-50(47)64)57(54)48-29-28-45(37-55(48)65)66-44-19-16-18-42(36-44)62-38-63(52-25-15-14-24-51(52)62)43-33-40(59(4,5)6)32-41(34-43)60(7,8)9/h10-37H,38H2,1-9H3. The number of fused-ring (bicyclic) bond motifs is 7. The number of ether oxygens (including phenoxy) is 1. The van der Waals surface area contributed by atoms with Crippen LogP contribution in [0.3, 0.4) is 0 Å². The lowest BCUT2D eigenvalue weighted by Crippen LogP contribution is -2.25. The van der Waals surface area contributed by atoms with E-state index in [9.17, 15) is 0 Å². The molecule has 0 spiro atoms. The number of aromatic nitrogens is 3. The van der Waals surface area contributed by atoms with Gasteiger partial charge in [-0.2, -0.15) is 0 Å². The maximum absolute atomic E-state index is 6.90. The second-order valence-corrected chi connectivity index (χ2v) is 21.1. The average molecular weight is 864 g/mol. The number of rotatable bonds is 6. The van der Waals surface area contributed by atoms with Gasteiger partial charge in [-0.05, 0) is 118 Å². The molecule has 4 heterocycles. The van der Waals surface area contributed by atoms with Gasteiger partial charge in [0.05, 0.1) is 39.1 Å². The topological polar surface area (TPSA) is 38.5 Å². The van der Waals surface area contributed by atoms with E-state index in [0.29, 0.717) is 6.67 Å². The minimum absolute atomic E-state index is 0.0135. The van der Waals surface area contributed by atoms with E-state index in [4.69, 9.17) is 9.72 Å². The van der Waals surface area contributed by atoms with Gasteiger partial charge in [-0.25, -0.2) is 4.98 Å². The molecule has 0 aliphatic carbocycles. The zero-order valence-corrected chi connectivity index (χ0v) is 39.5. The molecule has 0 saturated heterocycles. The normalized spacial score (nSPS) is 13.4. The van der Waals surface area contributed by atoms with Crippen LogP contribution in [0.4, 0.5) is 22.7 Å². The minimum atomic E-state index is -0.0530. The molecule has 1 aliphatic heterocycles. The molecule has 328 valence electrons. The van der Waals surface area contributed by atoms with Crippen LogP contribution < -0.4 is 14.5 Å². The highest BCUT2D eigenvalue weighted by Crippen LogP contribution is 2.47. The molecule has 0 radical (unpaired) electrons. The predicted molar refractivity (Wildman–Crippen MR) is 278 cm³/mol. The SMILES string of the molecule is CC(C)(C)c1cc(N2CN(c3cccc(Oc4ccc5c6c(-n7c8ccccc8c8ccccc87)cccc6n(-c6cc(C(C)(C)C)ccn6)c5c4)c3)c3ccccc32)cc(C(C)(C)C)c1. The van der Waals surface area contributed by atoms with Gasteiger partial charge in [0.15, 0.2) is 0 Å². The lowest BCUT2D eigenvalue weighted by atomic mass is 9.80. The van der Waals surface area contributed by atoms with E-state index in [0.717, 1.165) is 50.5 Å². The number of benzene rings is 7. The molecule has 0 atom stereocenters. The molecular formula is C60H57N5O. The third-order valence-corrected chi connectivity index (χ3v) is 13.5. The largest absolute Gasteiger partial charge is 0.457 e. The van der Waals surface area contributed by atoms with Crippen LogP contribution in [0.5, 0.6) is 11.5 Å². The Morgan fingerprint density at radius 1 is 0.409 bits per heavy atom. The van der Waals surface area contributed by atoms with Crippen molar-refractivity contribution < 1.29 is 4.74 Å². The quantitative estimate of drug-likeness (QED) is 0.167. The maximum Gasteiger partial charge on any atom is 0.137 e. The molecular weight excluding hydrogens is 807 g/mol. The molecule has 11 rings (SSSR count). The summed E-state index contributed by atoms with van der Waals surface area (Å²) in [5.74, 6) is 2.40. The van der Waals surface area contributed by atoms with E-state index in [2.05, 4.69) is 245 Å². The number of para-hydroxylation sites is 4. The van der Waals surface area contributed by atoms with Crippen molar-refractivity contribution in [2.75, 3.05) is 16.5 Å². The van der Waals surface area contributed by atoms with Crippen LogP contribution in [-0.4, -0.2) is 20.8 Å². The van der Waals surface area contributed by atoms with Crippen LogP contribution in [0.1, 0.15) is 79.0 Å². The average Bonchev–Trinajstić information content (AvgIpc) is 3.96. The van der Waals surface area contributed by atoms with Crippen LogP contribution in [0.15, 0.2) is 170 Å². The highest BCUT2D eigenvalue weighted by molar-refractivity contribution is 6.16. The van der Waals surface area contributed by atoms with E-state index in [-0.39, 0.29) is 16.2 Å². The van der Waals surface area contributed by atoms with Crippen molar-refractivity contribution in [1.29, 1.82) is 0 Å². The van der Waals surface area contributed by atoms with Crippen molar-refractivity contribution in [1.82, 2.24) is 14.1 Å². The van der Waals surface area contributed by atoms with Crippen molar-refractivity contribution >= 4 is 66.4 Å². The van der Waals surface area contributed by atoms with Gasteiger partial charge in [0.1, 0.15) is 24.0 Å². The first-order valence-corrected chi connectivity index (χ1v) is 23.2. The summed E-state index contributed by atoms with van der Waals surface area (Å²) >= 11 is 0. The van der Waals surface area contributed by atoms with Gasteiger partial charge < -0.3 is 19.1 Å². The molecule has 0 bridgehead atoms. The molecule has 7 aromatic carbocycles. The highest BCUT2D eigenvalue weighted by Gasteiger charge is 2.31. The van der Waals surface area contributed by atoms with Crippen molar-refractivity contribution in [3.05, 3.63) is 187 Å². The number of hydrogen-bond acceptors (Lipinski definition) is 4. The molecule has 66 heavy (non-hydrogen) atoms. The Hall–Kier alpha value is -7.31. The van der Waals surface area contributed by atoms with Gasteiger partial charge in [0.2, 0.25) is 0 Å². The zero-order chi connectivity index (χ0) is 45.7. The Kier molecular flexibility index (Phi) is 9.49. The summed E-state index contributed by atoms with van der Waals surface area (Å²) in [4.78, 5) is 9.89. The molecule has 0 N–H and O–H groups in total. The third-order valence-electron chi connectivity index (χ3n) is 13.5. The van der Waals surface area contributed by atoms with Crippen LogP contribution in [0.25, 0.3) is 55.1 Å². The van der Waals surface area contributed by atoms with Gasteiger partial charge in [0.25, 0.3) is 0 Å². The molecule has 0 amide bonds. The molecule has 6 heteroatoms. The molecule has 0 saturated carbocycles. The van der Waals surface area contributed by atoms with E-state index in [1.165, 1.54) is 55.6 Å². The predicted octanol–water partition coefficient (Wildman–Crippen LogP) is 16.2. The Morgan fingerprint density at radius 2 is 0.970 bits per heavy atom. The number of pyridine rings is 1. The Bertz CT molecular complexity index is 3430. The summed E-state index contributed by atoms with van der Waals surface area (Å²) in [5, 5.41) is 4.77. The van der Waals surface area contributed by atoms with Crippen molar-refractivity contribution in [3.63, 3.8) is 0 Å². The molecule has 0 unspecified atom stereocenters. The molecule has 1 aliphatic rings. The third kappa shape index (κ3) is 6.98. The highest BCUT2D eigenvalue weighted by atomic mass is 16.5. The van der Waals surface area contributed by atoms with Crippen LogP contribution in [0.2, 0.25) is 0 Å². The first-order chi connectivity index (χ1) is 31.6. The first kappa shape index (κ1) is 41.4.